The van der Waals surface area contributed by atoms with E-state index >= 15 is 0 Å². The lowest BCUT2D eigenvalue weighted by Crippen LogP contribution is -2.31. The predicted molar refractivity (Wildman–Crippen MR) is 82.4 cm³/mol. The van der Waals surface area contributed by atoms with Crippen LogP contribution in [0.25, 0.3) is 0 Å². The first-order chi connectivity index (χ1) is 8.79. The van der Waals surface area contributed by atoms with Crippen LogP contribution in [0.4, 0.5) is 5.69 Å². The van der Waals surface area contributed by atoms with Crippen LogP contribution in [0.3, 0.4) is 0 Å². The van der Waals surface area contributed by atoms with E-state index < -0.39 is 5.41 Å². The molecule has 0 aliphatic carbocycles. The van der Waals surface area contributed by atoms with Gasteiger partial charge in [-0.15, -0.1) is 0 Å². The highest BCUT2D eigenvalue weighted by molar-refractivity contribution is 7.78. The lowest BCUT2D eigenvalue weighted by Gasteiger charge is -2.20. The van der Waals surface area contributed by atoms with Gasteiger partial charge in [-0.25, -0.2) is 0 Å². The molecule has 19 heavy (non-hydrogen) atoms. The molecule has 0 saturated carbocycles. The standard InChI is InChI=1S/C13H14Cl2N2OS/c1-13(2,12(16)18)6-5-8-3-4-9(14)11(10(8)15)17-7-19/h3-4H,5-6H2,1-2H3,(H2,16,18). The molecule has 0 atom stereocenters. The smallest absolute Gasteiger partial charge is 0.223 e. The Balaban J connectivity index is 3.01. The lowest BCUT2D eigenvalue weighted by molar-refractivity contribution is -0.126. The van der Waals surface area contributed by atoms with E-state index in [1.54, 1.807) is 19.9 Å². The highest BCUT2D eigenvalue weighted by Gasteiger charge is 2.25. The van der Waals surface area contributed by atoms with Gasteiger partial charge in [0.2, 0.25) is 5.91 Å². The van der Waals surface area contributed by atoms with Crippen LogP contribution in [-0.2, 0) is 11.2 Å². The van der Waals surface area contributed by atoms with Crippen LogP contribution < -0.4 is 5.73 Å². The van der Waals surface area contributed by atoms with Crippen molar-refractivity contribution >= 4 is 52.2 Å². The topological polar surface area (TPSA) is 55.4 Å². The number of halogens is 2. The zero-order chi connectivity index (χ0) is 14.6. The van der Waals surface area contributed by atoms with Gasteiger partial charge < -0.3 is 5.73 Å². The molecule has 1 rings (SSSR count). The maximum absolute atomic E-state index is 11.3. The average Bonchev–Trinajstić information content (AvgIpc) is 2.33. The highest BCUT2D eigenvalue weighted by Crippen LogP contribution is 2.37. The number of amides is 1. The molecule has 0 spiro atoms. The highest BCUT2D eigenvalue weighted by atomic mass is 35.5. The molecule has 1 aromatic rings. The molecule has 0 saturated heterocycles. The number of thiocarbonyl (C=S) groups is 1. The van der Waals surface area contributed by atoms with E-state index in [2.05, 4.69) is 22.4 Å². The third kappa shape index (κ3) is 4.02. The molecule has 0 radical (unpaired) electrons. The number of primary amides is 1. The van der Waals surface area contributed by atoms with Crippen LogP contribution in [0.1, 0.15) is 25.8 Å². The van der Waals surface area contributed by atoms with Crippen molar-refractivity contribution in [2.75, 3.05) is 0 Å². The van der Waals surface area contributed by atoms with Crippen molar-refractivity contribution in [3.05, 3.63) is 27.7 Å². The minimum absolute atomic E-state index is 0.338. The van der Waals surface area contributed by atoms with Gasteiger partial charge in [0.05, 0.1) is 15.2 Å². The maximum Gasteiger partial charge on any atom is 0.223 e. The largest absolute Gasteiger partial charge is 0.369 e. The van der Waals surface area contributed by atoms with Crippen molar-refractivity contribution in [2.24, 2.45) is 16.1 Å². The monoisotopic (exact) mass is 316 g/mol. The fraction of sp³-hybridized carbons (Fsp3) is 0.385. The van der Waals surface area contributed by atoms with Crippen LogP contribution in [0.2, 0.25) is 10.0 Å². The van der Waals surface area contributed by atoms with Crippen LogP contribution >= 0.6 is 35.4 Å². The van der Waals surface area contributed by atoms with Gasteiger partial charge in [-0.3, -0.25) is 4.79 Å². The Bertz CT molecular complexity index is 552. The summed E-state index contributed by atoms with van der Waals surface area (Å²) in [5, 5.41) is 3.10. The van der Waals surface area contributed by atoms with E-state index in [4.69, 9.17) is 28.9 Å². The second kappa shape index (κ2) is 6.49. The van der Waals surface area contributed by atoms with Crippen molar-refractivity contribution < 1.29 is 4.79 Å². The summed E-state index contributed by atoms with van der Waals surface area (Å²) in [7, 11) is 0. The molecule has 0 aliphatic rings. The molecule has 0 fully saturated rings. The number of aryl methyl sites for hydroxylation is 1. The summed E-state index contributed by atoms with van der Waals surface area (Å²) in [6, 6.07) is 3.51. The fourth-order valence-corrected chi connectivity index (χ4v) is 2.14. The number of carbonyl (C=O) groups excluding carboxylic acids is 1. The van der Waals surface area contributed by atoms with Crippen LogP contribution in [0.15, 0.2) is 17.1 Å². The van der Waals surface area contributed by atoms with Crippen molar-refractivity contribution in [3.63, 3.8) is 0 Å². The first-order valence-electron chi connectivity index (χ1n) is 5.64. The van der Waals surface area contributed by atoms with Gasteiger partial charge in [0.15, 0.2) is 0 Å². The normalized spacial score (nSPS) is 10.9. The Morgan fingerprint density at radius 3 is 2.63 bits per heavy atom. The van der Waals surface area contributed by atoms with Crippen LogP contribution in [-0.4, -0.2) is 11.1 Å². The molecule has 3 nitrogen and oxygen atoms in total. The van der Waals surface area contributed by atoms with Crippen molar-refractivity contribution in [3.8, 4) is 0 Å². The van der Waals surface area contributed by atoms with E-state index in [1.165, 1.54) is 0 Å². The lowest BCUT2D eigenvalue weighted by atomic mass is 9.85. The molecular formula is C13H14Cl2N2OS. The number of benzene rings is 1. The number of nitrogens with two attached hydrogens (primary N) is 1. The van der Waals surface area contributed by atoms with Crippen molar-refractivity contribution in [1.29, 1.82) is 0 Å². The molecule has 1 aromatic carbocycles. The molecule has 2 N–H and O–H groups in total. The summed E-state index contributed by atoms with van der Waals surface area (Å²) in [6.45, 7) is 3.60. The molecule has 102 valence electrons. The van der Waals surface area contributed by atoms with E-state index in [-0.39, 0.29) is 5.91 Å². The Labute approximate surface area is 127 Å². The van der Waals surface area contributed by atoms with Crippen molar-refractivity contribution in [1.82, 2.24) is 0 Å². The van der Waals surface area contributed by atoms with Gasteiger partial charge in [-0.05, 0) is 36.7 Å². The van der Waals surface area contributed by atoms with Gasteiger partial charge >= 0.3 is 0 Å². The van der Waals surface area contributed by atoms with Gasteiger partial charge in [0, 0.05) is 5.41 Å². The van der Waals surface area contributed by atoms with Gasteiger partial charge in [0.1, 0.15) is 5.69 Å². The number of carbonyl (C=O) groups is 1. The quantitative estimate of drug-likeness (QED) is 0.654. The maximum atomic E-state index is 11.3. The molecule has 0 aromatic heterocycles. The molecule has 0 aliphatic heterocycles. The van der Waals surface area contributed by atoms with Gasteiger partial charge in [-0.2, -0.15) is 4.99 Å². The molecule has 0 heterocycles. The predicted octanol–water partition coefficient (Wildman–Crippen LogP) is 4.17. The summed E-state index contributed by atoms with van der Waals surface area (Å²) in [5.74, 6) is -0.338. The first kappa shape index (κ1) is 16.1. The molecule has 6 heteroatoms. The molecule has 0 unspecified atom stereocenters. The third-order valence-corrected chi connectivity index (χ3v) is 3.81. The number of aliphatic imine (C=N–C) groups is 1. The Kier molecular flexibility index (Phi) is 5.50. The van der Waals surface area contributed by atoms with E-state index in [9.17, 15) is 4.79 Å². The fourth-order valence-electron chi connectivity index (χ4n) is 1.49. The number of hydrogen-bond donors (Lipinski definition) is 1. The summed E-state index contributed by atoms with van der Waals surface area (Å²) >= 11 is 16.8. The number of hydrogen-bond acceptors (Lipinski definition) is 3. The van der Waals surface area contributed by atoms with Crippen LogP contribution in [0, 0.1) is 5.41 Å². The van der Waals surface area contributed by atoms with Gasteiger partial charge in [0.25, 0.3) is 0 Å². The summed E-state index contributed by atoms with van der Waals surface area (Å²) in [6.07, 6.45) is 1.19. The number of rotatable bonds is 5. The van der Waals surface area contributed by atoms with Crippen LogP contribution in [0.5, 0.6) is 0 Å². The summed E-state index contributed by atoms with van der Waals surface area (Å²) in [5.41, 5.74) is 6.01. The van der Waals surface area contributed by atoms with Gasteiger partial charge in [-0.1, -0.05) is 43.1 Å². The second-order valence-electron chi connectivity index (χ2n) is 4.82. The van der Waals surface area contributed by atoms with Crippen molar-refractivity contribution in [2.45, 2.75) is 26.7 Å². The average molecular weight is 317 g/mol. The zero-order valence-electron chi connectivity index (χ0n) is 10.7. The second-order valence-corrected chi connectivity index (χ2v) is 5.79. The number of nitrogens with zero attached hydrogens (tertiary/aromatic N) is 1. The minimum Gasteiger partial charge on any atom is -0.369 e. The summed E-state index contributed by atoms with van der Waals surface area (Å²) in [4.78, 5) is 15.1. The molecule has 0 bridgehead atoms. The molecule has 1 amide bonds. The first-order valence-corrected chi connectivity index (χ1v) is 6.80. The Morgan fingerprint density at radius 2 is 2.11 bits per heavy atom. The Morgan fingerprint density at radius 1 is 1.47 bits per heavy atom. The SMILES string of the molecule is CC(C)(CCc1ccc(Cl)c(N=C=S)c1Cl)C(N)=O. The van der Waals surface area contributed by atoms with E-state index in [0.29, 0.717) is 28.6 Å². The minimum atomic E-state index is -0.587. The molecular weight excluding hydrogens is 303 g/mol. The summed E-state index contributed by atoms with van der Waals surface area (Å²) < 4.78 is 0. The Hall–Kier alpha value is -0.930. The zero-order valence-corrected chi connectivity index (χ0v) is 13.0. The van der Waals surface area contributed by atoms with E-state index in [0.717, 1.165) is 5.56 Å². The van der Waals surface area contributed by atoms with E-state index in [1.807, 2.05) is 6.07 Å². The third-order valence-electron chi connectivity index (χ3n) is 2.99. The number of isothiocyanates is 1.